The molecule has 0 N–H and O–H groups in total. The number of benzene rings is 1. The van der Waals surface area contributed by atoms with Crippen molar-refractivity contribution in [1.29, 1.82) is 0 Å². The lowest BCUT2D eigenvalue weighted by atomic mass is 10.0. The van der Waals surface area contributed by atoms with Crippen LogP contribution in [0, 0.1) is 13.8 Å². The van der Waals surface area contributed by atoms with E-state index < -0.39 is 11.7 Å². The van der Waals surface area contributed by atoms with Gasteiger partial charge in [-0.2, -0.15) is 31.8 Å². The summed E-state index contributed by atoms with van der Waals surface area (Å²) in [5.74, 6) is 0.129. The van der Waals surface area contributed by atoms with Crippen LogP contribution >= 0.6 is 13.5 Å². The maximum atomic E-state index is 13.5. The predicted octanol–water partition coefficient (Wildman–Crippen LogP) is 5.57. The Morgan fingerprint density at radius 2 is 1.86 bits per heavy atom. The summed E-state index contributed by atoms with van der Waals surface area (Å²) >= 11 is 0. The topological polar surface area (TPSA) is 77.1 Å². The van der Waals surface area contributed by atoms with Crippen molar-refractivity contribution >= 4 is 25.1 Å². The zero-order valence-electron chi connectivity index (χ0n) is 19.1. The van der Waals surface area contributed by atoms with Gasteiger partial charge in [-0.05, 0) is 56.2 Å². The summed E-state index contributed by atoms with van der Waals surface area (Å²) in [4.78, 5) is 19.1. The number of amides is 1. The van der Waals surface area contributed by atoms with Gasteiger partial charge >= 0.3 is 6.18 Å². The van der Waals surface area contributed by atoms with E-state index in [9.17, 15) is 18.0 Å². The summed E-state index contributed by atoms with van der Waals surface area (Å²) in [7, 11) is 0. The van der Waals surface area contributed by atoms with Gasteiger partial charge in [-0.1, -0.05) is 5.16 Å². The second-order valence-electron chi connectivity index (χ2n) is 8.44. The van der Waals surface area contributed by atoms with Crippen LogP contribution < -0.4 is 4.90 Å². The Hall–Kier alpha value is -3.60. The maximum Gasteiger partial charge on any atom is 0.416 e. The lowest BCUT2D eigenvalue weighted by Crippen LogP contribution is -2.42. The first-order valence-corrected chi connectivity index (χ1v) is 10.6. The summed E-state index contributed by atoms with van der Waals surface area (Å²) in [5.41, 5.74) is 2.67. The van der Waals surface area contributed by atoms with Gasteiger partial charge in [-0.15, -0.1) is 0 Å². The van der Waals surface area contributed by atoms with E-state index in [-0.39, 0.29) is 37.6 Å². The van der Waals surface area contributed by atoms with Gasteiger partial charge in [0.15, 0.2) is 5.76 Å². The van der Waals surface area contributed by atoms with Gasteiger partial charge in [-0.3, -0.25) is 14.5 Å². The lowest BCUT2D eigenvalue weighted by Gasteiger charge is -2.32. The number of aryl methyl sites for hydroxylation is 2. The zero-order valence-corrected chi connectivity index (χ0v) is 20.1. The van der Waals surface area contributed by atoms with Crippen LogP contribution in [0.4, 0.5) is 18.9 Å². The van der Waals surface area contributed by atoms with E-state index in [0.717, 1.165) is 17.2 Å². The van der Waals surface area contributed by atoms with E-state index >= 15 is 0 Å². The average Bonchev–Trinajstić information content (AvgIpc) is 3.43. The number of alkyl halides is 3. The van der Waals surface area contributed by atoms with E-state index in [4.69, 9.17) is 4.52 Å². The van der Waals surface area contributed by atoms with Crippen LogP contribution in [0.1, 0.15) is 40.1 Å². The van der Waals surface area contributed by atoms with Gasteiger partial charge in [0.05, 0.1) is 23.4 Å². The molecule has 1 atom stereocenters. The number of hydrogen-bond donors (Lipinski definition) is 0. The number of hydrogen-bond acceptors (Lipinski definition) is 5. The van der Waals surface area contributed by atoms with Crippen LogP contribution in [0.25, 0.3) is 22.6 Å². The molecule has 0 saturated carbocycles. The fourth-order valence-electron chi connectivity index (χ4n) is 4.23. The molecule has 0 aliphatic carbocycles. The zero-order chi connectivity index (χ0) is 24.2. The molecule has 0 spiro atoms. The summed E-state index contributed by atoms with van der Waals surface area (Å²) < 4.78 is 46.7. The van der Waals surface area contributed by atoms with Crippen molar-refractivity contribution in [2.24, 2.45) is 0 Å². The predicted molar refractivity (Wildman–Crippen MR) is 129 cm³/mol. The molecule has 4 aromatic rings. The van der Waals surface area contributed by atoms with Crippen molar-refractivity contribution in [3.63, 3.8) is 0 Å². The summed E-state index contributed by atoms with van der Waals surface area (Å²) in [5, 5.41) is 8.51. The molecule has 4 heterocycles. The smallest absolute Gasteiger partial charge is 0.356 e. The van der Waals surface area contributed by atoms with Crippen molar-refractivity contribution in [3.8, 4) is 22.6 Å². The number of carbonyl (C=O) groups excluding carboxylic acids is 1. The fraction of sp³-hybridized carbons (Fsp3) is 0.250. The molecule has 35 heavy (non-hydrogen) atoms. The molecule has 0 radical (unpaired) electrons. The van der Waals surface area contributed by atoms with Crippen molar-refractivity contribution < 1.29 is 22.5 Å². The quantitative estimate of drug-likeness (QED) is 0.367. The second-order valence-corrected chi connectivity index (χ2v) is 8.44. The monoisotopic (exact) mass is 501 g/mol. The minimum absolute atomic E-state index is 0. The van der Waals surface area contributed by atoms with Gasteiger partial charge in [0.2, 0.25) is 0 Å². The highest BCUT2D eigenvalue weighted by molar-refractivity contribution is 7.59. The van der Waals surface area contributed by atoms with Crippen molar-refractivity contribution in [3.05, 3.63) is 71.3 Å². The molecule has 0 saturated heterocycles. The number of fused-ring (bicyclic) bond motifs is 1. The van der Waals surface area contributed by atoms with Gasteiger partial charge in [-0.25, -0.2) is 0 Å². The molecule has 5 rings (SSSR count). The van der Waals surface area contributed by atoms with Gasteiger partial charge < -0.3 is 9.42 Å². The first-order valence-electron chi connectivity index (χ1n) is 10.6. The largest absolute Gasteiger partial charge is 0.416 e. The van der Waals surface area contributed by atoms with Crippen LogP contribution in [-0.2, 0) is 6.18 Å². The Labute approximate surface area is 206 Å². The average molecular weight is 502 g/mol. The van der Waals surface area contributed by atoms with Crippen LogP contribution in [0.15, 0.2) is 53.4 Å². The van der Waals surface area contributed by atoms with E-state index in [2.05, 4.69) is 15.2 Å². The van der Waals surface area contributed by atoms with Gasteiger partial charge in [0, 0.05) is 36.3 Å². The fourth-order valence-corrected chi connectivity index (χ4v) is 4.23. The SMILES string of the molecule is Cc1cncc(-c2cc(-c3cnn4c3C(=O)N(c3ccc(C(F)(F)F)c(C)c3)C[C@@H]4C)no2)c1.S. The standard InChI is InChI=1S/C24H20F3N5O2.H2S/c1-13-6-16(10-28-9-13)21-8-20(30-34-21)18-11-29-32-15(3)12-31(23(33)22(18)32)17-4-5-19(14(2)7-17)24(25,26)27;/h4-11,15H,12H2,1-3H3;1H2/t15-;/m0./s1. The molecule has 1 aromatic carbocycles. The number of rotatable bonds is 3. The molecule has 11 heteroatoms. The number of aromatic nitrogens is 4. The highest BCUT2D eigenvalue weighted by Crippen LogP contribution is 2.37. The summed E-state index contributed by atoms with van der Waals surface area (Å²) in [6.45, 7) is 5.47. The van der Waals surface area contributed by atoms with Crippen LogP contribution in [0.5, 0.6) is 0 Å². The van der Waals surface area contributed by atoms with Crippen molar-refractivity contribution in [2.45, 2.75) is 33.0 Å². The molecule has 3 aromatic heterocycles. The molecule has 1 aliphatic rings. The molecule has 0 unspecified atom stereocenters. The third kappa shape index (κ3) is 4.31. The number of carbonyl (C=O) groups is 1. The minimum atomic E-state index is -4.45. The Morgan fingerprint density at radius 3 is 2.54 bits per heavy atom. The first kappa shape index (κ1) is 24.5. The normalized spacial score (nSPS) is 15.7. The Balaban J connectivity index is 0.00000289. The molecule has 0 bridgehead atoms. The highest BCUT2D eigenvalue weighted by Gasteiger charge is 2.36. The molecule has 7 nitrogen and oxygen atoms in total. The molecular formula is C24H22F3N5O2S. The maximum absolute atomic E-state index is 13.5. The van der Waals surface area contributed by atoms with Crippen LogP contribution in [0.3, 0.4) is 0 Å². The minimum Gasteiger partial charge on any atom is -0.356 e. The third-order valence-electron chi connectivity index (χ3n) is 5.88. The van der Waals surface area contributed by atoms with E-state index in [1.165, 1.54) is 24.0 Å². The number of halogens is 3. The molecule has 0 fully saturated rings. The summed E-state index contributed by atoms with van der Waals surface area (Å²) in [6.07, 6.45) is 0.492. The van der Waals surface area contributed by atoms with E-state index in [0.29, 0.717) is 28.4 Å². The van der Waals surface area contributed by atoms with Crippen LogP contribution in [0.2, 0.25) is 0 Å². The van der Waals surface area contributed by atoms with Crippen molar-refractivity contribution in [2.75, 3.05) is 11.4 Å². The Bertz CT molecular complexity index is 1410. The van der Waals surface area contributed by atoms with Crippen molar-refractivity contribution in [1.82, 2.24) is 19.9 Å². The molecule has 1 amide bonds. The number of nitrogens with zero attached hydrogens (tertiary/aromatic N) is 5. The number of anilines is 1. The Morgan fingerprint density at radius 1 is 1.09 bits per heavy atom. The molecular weight excluding hydrogens is 479 g/mol. The lowest BCUT2D eigenvalue weighted by molar-refractivity contribution is -0.138. The Kier molecular flexibility index (Phi) is 6.22. The summed E-state index contributed by atoms with van der Waals surface area (Å²) in [6, 6.07) is 7.15. The molecule has 182 valence electrons. The highest BCUT2D eigenvalue weighted by atomic mass is 32.1. The first-order chi connectivity index (χ1) is 16.1. The second kappa shape index (κ2) is 8.88. The number of pyridine rings is 1. The van der Waals surface area contributed by atoms with E-state index in [1.807, 2.05) is 19.9 Å². The van der Waals surface area contributed by atoms with Gasteiger partial charge in [0.25, 0.3) is 5.91 Å². The third-order valence-corrected chi connectivity index (χ3v) is 5.88. The van der Waals surface area contributed by atoms with Gasteiger partial charge in [0.1, 0.15) is 11.4 Å². The van der Waals surface area contributed by atoms with E-state index in [1.54, 1.807) is 29.3 Å². The molecule has 1 aliphatic heterocycles. The van der Waals surface area contributed by atoms with Crippen LogP contribution in [-0.4, -0.2) is 32.4 Å².